The van der Waals surface area contributed by atoms with E-state index in [0.717, 1.165) is 18.6 Å². The maximum atomic E-state index is 13.0. The van der Waals surface area contributed by atoms with Crippen molar-refractivity contribution in [2.45, 2.75) is 12.3 Å². The third-order valence-electron chi connectivity index (χ3n) is 2.54. The lowest BCUT2D eigenvalue weighted by Crippen LogP contribution is -2.26. The van der Waals surface area contributed by atoms with Crippen LogP contribution in [-0.2, 0) is 11.8 Å². The van der Waals surface area contributed by atoms with Gasteiger partial charge in [-0.05, 0) is 6.07 Å². The number of esters is 1. The van der Waals surface area contributed by atoms with Crippen LogP contribution in [0.3, 0.4) is 0 Å². The summed E-state index contributed by atoms with van der Waals surface area (Å²) in [5.74, 6) is -1.19. The molecule has 1 atom stereocenters. The first kappa shape index (κ1) is 15.3. The second-order valence-electron chi connectivity index (χ2n) is 4.13. The van der Waals surface area contributed by atoms with E-state index in [9.17, 15) is 18.0 Å². The molecule has 0 saturated carbocycles. The van der Waals surface area contributed by atoms with Gasteiger partial charge in [-0.15, -0.1) is 0 Å². The second kappa shape index (κ2) is 5.72. The first-order valence-corrected chi connectivity index (χ1v) is 6.02. The Balaban J connectivity index is 2.28. The normalized spacial score (nSPS) is 13.0. The summed E-state index contributed by atoms with van der Waals surface area (Å²) in [5, 5.41) is 3.55. The lowest BCUT2D eigenvalue weighted by atomic mass is 10.2. The summed E-state index contributed by atoms with van der Waals surface area (Å²) < 4.78 is 44.8. The number of hydrogen-bond acceptors (Lipinski definition) is 4. The molecule has 0 N–H and O–H groups in total. The molecule has 0 unspecified atom stereocenters. The average molecular weight is 320 g/mol. The molecule has 112 valence electrons. The molecule has 5 nitrogen and oxygen atoms in total. The van der Waals surface area contributed by atoms with Crippen LogP contribution in [0.4, 0.5) is 13.2 Å². The third kappa shape index (κ3) is 3.52. The highest BCUT2D eigenvalue weighted by atomic mass is 35.5. The molecule has 0 bridgehead atoms. The Kier molecular flexibility index (Phi) is 4.17. The summed E-state index contributed by atoms with van der Waals surface area (Å²) in [7, 11) is 1.46. The van der Waals surface area contributed by atoms with Crippen molar-refractivity contribution in [3.05, 3.63) is 47.0 Å². The van der Waals surface area contributed by atoms with Crippen LogP contribution in [0.2, 0.25) is 5.02 Å². The Morgan fingerprint density at radius 1 is 1.43 bits per heavy atom. The minimum Gasteiger partial charge on any atom is -0.444 e. The van der Waals surface area contributed by atoms with Crippen molar-refractivity contribution < 1.29 is 22.7 Å². The molecule has 0 aliphatic rings. The van der Waals surface area contributed by atoms with E-state index in [-0.39, 0.29) is 16.1 Å². The summed E-state index contributed by atoms with van der Waals surface area (Å²) in [6.45, 7) is 0. The quantitative estimate of drug-likeness (QED) is 0.816. The maximum Gasteiger partial charge on any atom is 0.429 e. The molecule has 2 aromatic heterocycles. The van der Waals surface area contributed by atoms with E-state index in [4.69, 9.17) is 11.6 Å². The highest BCUT2D eigenvalue weighted by Crippen LogP contribution is 2.36. The molecular weight excluding hydrogens is 311 g/mol. The SMILES string of the molecule is Cn1cc([C@H](OC(=O)c2ccncc2Cl)C(F)(F)F)cn1. The van der Waals surface area contributed by atoms with Crippen LogP contribution in [0, 0.1) is 0 Å². The molecule has 0 saturated heterocycles. The second-order valence-corrected chi connectivity index (χ2v) is 4.54. The lowest BCUT2D eigenvalue weighted by Gasteiger charge is -2.19. The van der Waals surface area contributed by atoms with Crippen molar-refractivity contribution in [1.29, 1.82) is 0 Å². The van der Waals surface area contributed by atoms with E-state index in [0.29, 0.717) is 0 Å². The predicted octanol–water partition coefficient (Wildman–Crippen LogP) is 2.93. The number of ether oxygens (including phenoxy) is 1. The fraction of sp³-hybridized carbons (Fsp3) is 0.250. The predicted molar refractivity (Wildman–Crippen MR) is 66.7 cm³/mol. The molecule has 0 aliphatic carbocycles. The lowest BCUT2D eigenvalue weighted by molar-refractivity contribution is -0.207. The van der Waals surface area contributed by atoms with Crippen LogP contribution in [0.1, 0.15) is 22.0 Å². The Hall–Kier alpha value is -2.09. The molecule has 0 fully saturated rings. The van der Waals surface area contributed by atoms with Crippen molar-refractivity contribution in [3.8, 4) is 0 Å². The van der Waals surface area contributed by atoms with Crippen LogP contribution >= 0.6 is 11.6 Å². The number of aryl methyl sites for hydroxylation is 1. The number of nitrogens with zero attached hydrogens (tertiary/aromatic N) is 3. The van der Waals surface area contributed by atoms with Crippen LogP contribution in [-0.4, -0.2) is 26.9 Å². The van der Waals surface area contributed by atoms with Crippen molar-refractivity contribution in [2.75, 3.05) is 0 Å². The summed E-state index contributed by atoms with van der Waals surface area (Å²) >= 11 is 5.71. The van der Waals surface area contributed by atoms with Gasteiger partial charge in [0.05, 0.1) is 16.8 Å². The zero-order chi connectivity index (χ0) is 15.6. The van der Waals surface area contributed by atoms with Gasteiger partial charge in [0, 0.05) is 31.2 Å². The van der Waals surface area contributed by atoms with E-state index < -0.39 is 18.2 Å². The Labute approximate surface area is 122 Å². The van der Waals surface area contributed by atoms with Gasteiger partial charge in [-0.3, -0.25) is 9.67 Å². The number of rotatable bonds is 3. The molecule has 9 heteroatoms. The molecule has 0 aliphatic heterocycles. The number of hydrogen-bond donors (Lipinski definition) is 0. The van der Waals surface area contributed by atoms with Gasteiger partial charge in [0.25, 0.3) is 0 Å². The molecular formula is C12H9ClF3N3O2. The van der Waals surface area contributed by atoms with Gasteiger partial charge in [0.1, 0.15) is 0 Å². The first-order valence-electron chi connectivity index (χ1n) is 5.65. The van der Waals surface area contributed by atoms with Crippen LogP contribution in [0.5, 0.6) is 0 Å². The van der Waals surface area contributed by atoms with Gasteiger partial charge in [0.15, 0.2) is 0 Å². The summed E-state index contributed by atoms with van der Waals surface area (Å²) in [6, 6.07) is 1.18. The average Bonchev–Trinajstić information content (AvgIpc) is 2.81. The monoisotopic (exact) mass is 319 g/mol. The van der Waals surface area contributed by atoms with Gasteiger partial charge in [-0.25, -0.2) is 4.79 Å². The molecule has 0 amide bonds. The van der Waals surface area contributed by atoms with Gasteiger partial charge in [-0.1, -0.05) is 11.6 Å². The summed E-state index contributed by atoms with van der Waals surface area (Å²) in [4.78, 5) is 15.5. The number of halogens is 4. The van der Waals surface area contributed by atoms with E-state index in [1.54, 1.807) is 0 Å². The van der Waals surface area contributed by atoms with Crippen molar-refractivity contribution in [1.82, 2.24) is 14.8 Å². The number of carbonyl (C=O) groups is 1. The van der Waals surface area contributed by atoms with Crippen LogP contribution < -0.4 is 0 Å². The Morgan fingerprint density at radius 2 is 2.14 bits per heavy atom. The van der Waals surface area contributed by atoms with E-state index in [1.165, 1.54) is 24.0 Å². The molecule has 21 heavy (non-hydrogen) atoms. The number of carbonyl (C=O) groups excluding carboxylic acids is 1. The van der Waals surface area contributed by atoms with E-state index in [2.05, 4.69) is 14.8 Å². The highest BCUT2D eigenvalue weighted by molar-refractivity contribution is 6.33. The minimum absolute atomic E-state index is 0.0883. The molecule has 0 spiro atoms. The van der Waals surface area contributed by atoms with Gasteiger partial charge in [0.2, 0.25) is 6.10 Å². The minimum atomic E-state index is -4.77. The van der Waals surface area contributed by atoms with Crippen LogP contribution in [0.15, 0.2) is 30.9 Å². The van der Waals surface area contributed by atoms with E-state index >= 15 is 0 Å². The Bertz CT molecular complexity index is 657. The first-order chi connectivity index (χ1) is 9.79. The molecule has 2 heterocycles. The standard InChI is InChI=1S/C12H9ClF3N3O2/c1-19-6-7(4-18-19)10(12(14,15)16)21-11(20)8-2-3-17-5-9(8)13/h2-6,10H,1H3/t10-/m0/s1. The largest absolute Gasteiger partial charge is 0.444 e. The van der Waals surface area contributed by atoms with Gasteiger partial charge < -0.3 is 4.74 Å². The highest BCUT2D eigenvalue weighted by Gasteiger charge is 2.45. The summed E-state index contributed by atoms with van der Waals surface area (Å²) in [6.07, 6.45) is -2.69. The van der Waals surface area contributed by atoms with Crippen molar-refractivity contribution in [2.24, 2.45) is 7.05 Å². The maximum absolute atomic E-state index is 13.0. The fourth-order valence-electron chi connectivity index (χ4n) is 1.61. The summed E-state index contributed by atoms with van der Waals surface area (Å²) in [5.41, 5.74) is -0.465. The molecule has 2 aromatic rings. The smallest absolute Gasteiger partial charge is 0.429 e. The van der Waals surface area contributed by atoms with Crippen LogP contribution in [0.25, 0.3) is 0 Å². The zero-order valence-corrected chi connectivity index (χ0v) is 11.4. The van der Waals surface area contributed by atoms with Crippen molar-refractivity contribution >= 4 is 17.6 Å². The number of aromatic nitrogens is 3. The number of alkyl halides is 3. The topological polar surface area (TPSA) is 57.0 Å². The molecule has 2 rings (SSSR count). The van der Waals surface area contributed by atoms with E-state index in [1.807, 2.05) is 0 Å². The molecule has 0 radical (unpaired) electrons. The Morgan fingerprint density at radius 3 is 2.67 bits per heavy atom. The van der Waals surface area contributed by atoms with Gasteiger partial charge >= 0.3 is 12.1 Å². The fourth-order valence-corrected chi connectivity index (χ4v) is 1.81. The van der Waals surface area contributed by atoms with Gasteiger partial charge in [-0.2, -0.15) is 18.3 Å². The molecule has 0 aromatic carbocycles. The number of pyridine rings is 1. The third-order valence-corrected chi connectivity index (χ3v) is 2.84. The zero-order valence-electron chi connectivity index (χ0n) is 10.6. The van der Waals surface area contributed by atoms with Crippen molar-refractivity contribution in [3.63, 3.8) is 0 Å².